The molecule has 0 spiro atoms. The molecule has 0 aromatic carbocycles. The van der Waals surface area contributed by atoms with Gasteiger partial charge in [0.25, 0.3) is 0 Å². The minimum atomic E-state index is 0.0694. The summed E-state index contributed by atoms with van der Waals surface area (Å²) in [6.45, 7) is 1.62. The van der Waals surface area contributed by atoms with Gasteiger partial charge >= 0.3 is 0 Å². The van der Waals surface area contributed by atoms with E-state index >= 15 is 0 Å². The molecule has 3 aromatic rings. The number of aromatic nitrogens is 5. The number of likely N-dealkylation sites (tertiary alicyclic amines) is 1. The fraction of sp³-hybridized carbons (Fsp3) is 0.381. The Morgan fingerprint density at radius 2 is 2.13 bits per heavy atom. The number of hydrogen-bond donors (Lipinski definition) is 0. The highest BCUT2D eigenvalue weighted by atomic mass is 35.5. The second kappa shape index (κ2) is 8.79. The van der Waals surface area contributed by atoms with Crippen LogP contribution in [-0.2, 0) is 11.3 Å². The lowest BCUT2D eigenvalue weighted by Gasteiger charge is -2.33. The van der Waals surface area contributed by atoms with Crippen molar-refractivity contribution >= 4 is 23.5 Å². The third-order valence-corrected chi connectivity index (χ3v) is 5.48. The smallest absolute Gasteiger partial charge is 0.244 e. The van der Waals surface area contributed by atoms with Gasteiger partial charge in [-0.15, -0.1) is 0 Å². The first-order chi connectivity index (χ1) is 14.5. The van der Waals surface area contributed by atoms with Crippen molar-refractivity contribution in [3.05, 3.63) is 53.8 Å². The molecule has 4 heterocycles. The van der Waals surface area contributed by atoms with Crippen LogP contribution >= 0.6 is 11.6 Å². The monoisotopic (exact) mass is 425 g/mol. The standard InChI is InChI=1S/C21H24ClN7O/c1-27(2)21-24-12-17(15-6-7-18(22)23-11-15)20(26-21)16-5-3-9-28(13-16)19(30)14-29-10-4-8-25-29/h4,6-8,10-12,16H,3,5,9,13-14H2,1-2H3/t16-/m0/s1. The van der Waals surface area contributed by atoms with Gasteiger partial charge in [0.15, 0.2) is 0 Å². The van der Waals surface area contributed by atoms with Gasteiger partial charge in [0.05, 0.1) is 5.69 Å². The zero-order valence-corrected chi connectivity index (χ0v) is 17.8. The maximum Gasteiger partial charge on any atom is 0.244 e. The van der Waals surface area contributed by atoms with Crippen LogP contribution in [-0.4, -0.2) is 62.7 Å². The van der Waals surface area contributed by atoms with Gasteiger partial charge in [-0.1, -0.05) is 11.6 Å². The Labute approximate surface area is 180 Å². The number of amides is 1. The SMILES string of the molecule is CN(C)c1ncc(-c2ccc(Cl)nc2)c([C@H]2CCCN(C(=O)Cn3cccn3)C2)n1. The highest BCUT2D eigenvalue weighted by molar-refractivity contribution is 6.29. The molecule has 1 atom stereocenters. The Balaban J connectivity index is 1.63. The molecule has 30 heavy (non-hydrogen) atoms. The summed E-state index contributed by atoms with van der Waals surface area (Å²) < 4.78 is 1.66. The van der Waals surface area contributed by atoms with E-state index in [-0.39, 0.29) is 18.4 Å². The van der Waals surface area contributed by atoms with Gasteiger partial charge in [-0.05, 0) is 31.0 Å². The summed E-state index contributed by atoms with van der Waals surface area (Å²) in [6, 6.07) is 5.51. The molecule has 0 radical (unpaired) electrons. The van der Waals surface area contributed by atoms with E-state index in [9.17, 15) is 4.79 Å². The number of nitrogens with zero attached hydrogens (tertiary/aromatic N) is 7. The molecule has 1 amide bonds. The number of carbonyl (C=O) groups excluding carboxylic acids is 1. The third-order valence-electron chi connectivity index (χ3n) is 5.26. The molecule has 0 saturated carbocycles. The summed E-state index contributed by atoms with van der Waals surface area (Å²) in [6.07, 6.45) is 8.95. The van der Waals surface area contributed by atoms with Crippen LogP contribution in [0.25, 0.3) is 11.1 Å². The molecule has 8 nitrogen and oxygen atoms in total. The van der Waals surface area contributed by atoms with Crippen LogP contribution in [0.15, 0.2) is 43.0 Å². The molecule has 9 heteroatoms. The van der Waals surface area contributed by atoms with Crippen LogP contribution in [0.5, 0.6) is 0 Å². The van der Waals surface area contributed by atoms with Crippen molar-refractivity contribution in [2.75, 3.05) is 32.1 Å². The van der Waals surface area contributed by atoms with E-state index in [4.69, 9.17) is 16.6 Å². The number of anilines is 1. The van der Waals surface area contributed by atoms with Gasteiger partial charge in [-0.25, -0.2) is 15.0 Å². The van der Waals surface area contributed by atoms with E-state index in [1.165, 1.54) is 0 Å². The van der Waals surface area contributed by atoms with Crippen molar-refractivity contribution in [1.82, 2.24) is 29.6 Å². The predicted molar refractivity (Wildman–Crippen MR) is 115 cm³/mol. The van der Waals surface area contributed by atoms with Crippen LogP contribution in [0, 0.1) is 0 Å². The maximum atomic E-state index is 12.8. The first kappa shape index (κ1) is 20.3. The normalized spacial score (nSPS) is 16.5. The highest BCUT2D eigenvalue weighted by Crippen LogP contribution is 2.34. The lowest BCUT2D eigenvalue weighted by atomic mass is 9.90. The van der Waals surface area contributed by atoms with Crippen LogP contribution in [0.4, 0.5) is 5.95 Å². The lowest BCUT2D eigenvalue weighted by Crippen LogP contribution is -2.41. The van der Waals surface area contributed by atoms with Crippen LogP contribution in [0.1, 0.15) is 24.5 Å². The van der Waals surface area contributed by atoms with Crippen molar-refractivity contribution < 1.29 is 4.79 Å². The average Bonchev–Trinajstić information content (AvgIpc) is 3.27. The number of halogens is 1. The fourth-order valence-corrected chi connectivity index (χ4v) is 3.84. The third kappa shape index (κ3) is 4.43. The molecule has 4 rings (SSSR count). The second-order valence-corrected chi connectivity index (χ2v) is 8.00. The zero-order valence-electron chi connectivity index (χ0n) is 17.1. The van der Waals surface area contributed by atoms with E-state index in [0.29, 0.717) is 17.6 Å². The molecule has 0 unspecified atom stereocenters. The summed E-state index contributed by atoms with van der Waals surface area (Å²) in [7, 11) is 3.84. The molecule has 0 aliphatic carbocycles. The average molecular weight is 426 g/mol. The molecule has 3 aromatic heterocycles. The topological polar surface area (TPSA) is 80.0 Å². The molecular weight excluding hydrogens is 402 g/mol. The van der Waals surface area contributed by atoms with Crippen molar-refractivity contribution in [1.29, 1.82) is 0 Å². The molecule has 0 bridgehead atoms. The number of piperidine rings is 1. The Kier molecular flexibility index (Phi) is 5.94. The van der Waals surface area contributed by atoms with E-state index in [1.807, 2.05) is 42.2 Å². The zero-order chi connectivity index (χ0) is 21.1. The first-order valence-corrected chi connectivity index (χ1v) is 10.3. The van der Waals surface area contributed by atoms with Gasteiger partial charge in [-0.3, -0.25) is 9.48 Å². The maximum absolute atomic E-state index is 12.8. The van der Waals surface area contributed by atoms with Crippen molar-refractivity contribution in [3.63, 3.8) is 0 Å². The van der Waals surface area contributed by atoms with Gasteiger partial charge in [0.2, 0.25) is 11.9 Å². The molecule has 1 saturated heterocycles. The number of hydrogen-bond acceptors (Lipinski definition) is 6. The molecule has 156 valence electrons. The molecule has 0 N–H and O–H groups in total. The van der Waals surface area contributed by atoms with E-state index in [1.54, 1.807) is 29.3 Å². The number of carbonyl (C=O) groups is 1. The molecule has 1 aliphatic rings. The van der Waals surface area contributed by atoms with E-state index < -0.39 is 0 Å². The van der Waals surface area contributed by atoms with Crippen LogP contribution in [0.2, 0.25) is 5.15 Å². The Hall–Kier alpha value is -3.00. The number of rotatable bonds is 5. The predicted octanol–water partition coefficient (Wildman–Crippen LogP) is 2.86. The van der Waals surface area contributed by atoms with Gasteiger partial charge < -0.3 is 9.80 Å². The van der Waals surface area contributed by atoms with Crippen LogP contribution in [0.3, 0.4) is 0 Å². The Morgan fingerprint density at radius 3 is 2.83 bits per heavy atom. The molecule has 1 aliphatic heterocycles. The van der Waals surface area contributed by atoms with Gasteiger partial charge in [0.1, 0.15) is 11.7 Å². The molecule has 1 fully saturated rings. The van der Waals surface area contributed by atoms with Crippen LogP contribution < -0.4 is 4.90 Å². The first-order valence-electron chi connectivity index (χ1n) is 9.92. The Morgan fingerprint density at radius 1 is 1.27 bits per heavy atom. The second-order valence-electron chi connectivity index (χ2n) is 7.62. The minimum Gasteiger partial charge on any atom is -0.347 e. The molecular formula is C21H24ClN7O. The summed E-state index contributed by atoms with van der Waals surface area (Å²) in [5.41, 5.74) is 2.78. The van der Waals surface area contributed by atoms with Crippen molar-refractivity contribution in [3.8, 4) is 11.1 Å². The highest BCUT2D eigenvalue weighted by Gasteiger charge is 2.28. The van der Waals surface area contributed by atoms with E-state index in [2.05, 4.69) is 15.1 Å². The van der Waals surface area contributed by atoms with Gasteiger partial charge in [-0.2, -0.15) is 5.10 Å². The summed E-state index contributed by atoms with van der Waals surface area (Å²) in [5, 5.41) is 4.59. The summed E-state index contributed by atoms with van der Waals surface area (Å²) in [4.78, 5) is 30.2. The minimum absolute atomic E-state index is 0.0694. The van der Waals surface area contributed by atoms with E-state index in [0.717, 1.165) is 36.2 Å². The van der Waals surface area contributed by atoms with Gasteiger partial charge in [0, 0.05) is 69.0 Å². The Bertz CT molecular complexity index is 1000. The summed E-state index contributed by atoms with van der Waals surface area (Å²) in [5.74, 6) is 0.836. The summed E-state index contributed by atoms with van der Waals surface area (Å²) >= 11 is 5.97. The largest absolute Gasteiger partial charge is 0.347 e. The van der Waals surface area contributed by atoms with Crippen molar-refractivity contribution in [2.24, 2.45) is 0 Å². The van der Waals surface area contributed by atoms with Crippen molar-refractivity contribution in [2.45, 2.75) is 25.3 Å². The lowest BCUT2D eigenvalue weighted by molar-refractivity contribution is -0.133. The quantitative estimate of drug-likeness (QED) is 0.585. The number of pyridine rings is 1. The fourth-order valence-electron chi connectivity index (χ4n) is 3.73.